The van der Waals surface area contributed by atoms with Crippen LogP contribution in [-0.2, 0) is 6.42 Å². The van der Waals surface area contributed by atoms with E-state index in [0.717, 1.165) is 22.4 Å². The molecule has 0 bridgehead atoms. The molecule has 1 aromatic heterocycles. The number of fused-ring (bicyclic) bond motifs is 1. The predicted octanol–water partition coefficient (Wildman–Crippen LogP) is 4.68. The fraction of sp³-hybridized carbons (Fsp3) is 0.0455. The Kier molecular flexibility index (Phi) is 5.31. The summed E-state index contributed by atoms with van der Waals surface area (Å²) >= 11 is 5.17. The van der Waals surface area contributed by atoms with Gasteiger partial charge in [-0.15, -0.1) is 0 Å². The molecule has 0 unspecified atom stereocenters. The average Bonchev–Trinajstić information content (AvgIpc) is 3.12. The van der Waals surface area contributed by atoms with Gasteiger partial charge in [-0.2, -0.15) is 0 Å². The Morgan fingerprint density at radius 1 is 1.00 bits per heavy atom. The highest BCUT2D eigenvalue weighted by Gasteiger charge is 2.09. The quantitative estimate of drug-likeness (QED) is 0.483. The van der Waals surface area contributed by atoms with Crippen molar-refractivity contribution in [1.82, 2.24) is 10.3 Å². The Labute approximate surface area is 171 Å². The van der Waals surface area contributed by atoms with Crippen molar-refractivity contribution in [2.75, 3.05) is 5.32 Å². The molecular formula is C22H16FN3O2S. The monoisotopic (exact) mass is 405 g/mol. The molecule has 0 aliphatic heterocycles. The Morgan fingerprint density at radius 3 is 2.45 bits per heavy atom. The molecule has 0 fully saturated rings. The number of carbonyl (C=O) groups is 1. The first-order chi connectivity index (χ1) is 14.1. The number of nitrogens with one attached hydrogen (secondary N) is 2. The number of aromatic nitrogens is 1. The first-order valence-electron chi connectivity index (χ1n) is 8.88. The van der Waals surface area contributed by atoms with Crippen LogP contribution in [-0.4, -0.2) is 16.0 Å². The van der Waals surface area contributed by atoms with Gasteiger partial charge in [0.1, 0.15) is 11.3 Å². The van der Waals surface area contributed by atoms with Crippen LogP contribution in [0.1, 0.15) is 21.8 Å². The lowest BCUT2D eigenvalue weighted by atomic mass is 10.1. The number of amides is 1. The van der Waals surface area contributed by atoms with E-state index in [0.29, 0.717) is 17.9 Å². The highest BCUT2D eigenvalue weighted by Crippen LogP contribution is 2.18. The molecule has 1 amide bonds. The number of nitrogens with zero attached hydrogens (tertiary/aromatic N) is 1. The largest absolute Gasteiger partial charge is 0.440 e. The number of anilines is 1. The van der Waals surface area contributed by atoms with Gasteiger partial charge in [-0.3, -0.25) is 10.1 Å². The van der Waals surface area contributed by atoms with E-state index in [2.05, 4.69) is 15.6 Å². The zero-order valence-electron chi connectivity index (χ0n) is 15.2. The summed E-state index contributed by atoms with van der Waals surface area (Å²) in [6, 6.07) is 20.5. The standard InChI is InChI=1S/C22H16FN3O2S/c23-16-9-7-15(8-10-16)21(27)26-22(29)24-17-11-5-14(6-12-17)13-20-25-18-3-1-2-4-19(18)28-20/h1-12H,13H2,(H2,24,26,27,29). The zero-order valence-corrected chi connectivity index (χ0v) is 16.0. The molecule has 0 spiro atoms. The minimum Gasteiger partial charge on any atom is -0.440 e. The second kappa shape index (κ2) is 8.20. The van der Waals surface area contributed by atoms with Gasteiger partial charge in [0.2, 0.25) is 0 Å². The highest BCUT2D eigenvalue weighted by atomic mass is 32.1. The van der Waals surface area contributed by atoms with Crippen LogP contribution < -0.4 is 10.6 Å². The van der Waals surface area contributed by atoms with E-state index in [4.69, 9.17) is 16.6 Å². The summed E-state index contributed by atoms with van der Waals surface area (Å²) < 4.78 is 18.7. The number of thiocarbonyl (C=S) groups is 1. The van der Waals surface area contributed by atoms with E-state index in [9.17, 15) is 9.18 Å². The van der Waals surface area contributed by atoms with E-state index < -0.39 is 11.7 Å². The highest BCUT2D eigenvalue weighted by molar-refractivity contribution is 7.80. The van der Waals surface area contributed by atoms with Crippen molar-refractivity contribution in [2.45, 2.75) is 6.42 Å². The zero-order chi connectivity index (χ0) is 20.2. The van der Waals surface area contributed by atoms with E-state index in [1.807, 2.05) is 48.5 Å². The summed E-state index contributed by atoms with van der Waals surface area (Å²) in [6.45, 7) is 0. The lowest BCUT2D eigenvalue weighted by Crippen LogP contribution is -2.34. The van der Waals surface area contributed by atoms with Gasteiger partial charge in [0.15, 0.2) is 16.6 Å². The van der Waals surface area contributed by atoms with Crippen LogP contribution in [0.2, 0.25) is 0 Å². The third-order valence-electron chi connectivity index (χ3n) is 4.24. The van der Waals surface area contributed by atoms with Gasteiger partial charge < -0.3 is 9.73 Å². The summed E-state index contributed by atoms with van der Waals surface area (Å²) in [4.78, 5) is 16.6. The van der Waals surface area contributed by atoms with Crippen LogP contribution in [0.25, 0.3) is 11.1 Å². The molecule has 2 N–H and O–H groups in total. The van der Waals surface area contributed by atoms with Gasteiger partial charge >= 0.3 is 0 Å². The maximum atomic E-state index is 12.9. The molecule has 3 aromatic carbocycles. The van der Waals surface area contributed by atoms with Gasteiger partial charge in [0.05, 0.1) is 0 Å². The van der Waals surface area contributed by atoms with Crippen molar-refractivity contribution in [3.63, 3.8) is 0 Å². The lowest BCUT2D eigenvalue weighted by Gasteiger charge is -2.10. The van der Waals surface area contributed by atoms with Crippen LogP contribution in [0.4, 0.5) is 10.1 Å². The van der Waals surface area contributed by atoms with E-state index in [1.165, 1.54) is 24.3 Å². The van der Waals surface area contributed by atoms with E-state index in [1.54, 1.807) is 0 Å². The molecule has 0 radical (unpaired) electrons. The number of rotatable bonds is 4. The Bertz CT molecular complexity index is 1140. The molecule has 0 aliphatic rings. The Hall–Kier alpha value is -3.58. The first kappa shape index (κ1) is 18.8. The second-order valence-electron chi connectivity index (χ2n) is 6.36. The number of hydrogen-bond acceptors (Lipinski definition) is 4. The topological polar surface area (TPSA) is 67.2 Å². The van der Waals surface area contributed by atoms with Crippen molar-refractivity contribution in [3.8, 4) is 0 Å². The normalized spacial score (nSPS) is 10.7. The van der Waals surface area contributed by atoms with Crippen LogP contribution in [0, 0.1) is 5.82 Å². The molecule has 0 atom stereocenters. The number of para-hydroxylation sites is 2. The summed E-state index contributed by atoms with van der Waals surface area (Å²) in [6.07, 6.45) is 0.570. The molecule has 29 heavy (non-hydrogen) atoms. The molecule has 1 heterocycles. The van der Waals surface area contributed by atoms with Crippen molar-refractivity contribution in [1.29, 1.82) is 0 Å². The Morgan fingerprint density at radius 2 is 1.72 bits per heavy atom. The molecule has 0 saturated heterocycles. The third kappa shape index (κ3) is 4.64. The van der Waals surface area contributed by atoms with Crippen LogP contribution >= 0.6 is 12.2 Å². The van der Waals surface area contributed by atoms with Crippen LogP contribution in [0.15, 0.2) is 77.2 Å². The lowest BCUT2D eigenvalue weighted by molar-refractivity contribution is 0.0977. The fourth-order valence-electron chi connectivity index (χ4n) is 2.81. The van der Waals surface area contributed by atoms with Crippen molar-refractivity contribution >= 4 is 40.0 Å². The minimum absolute atomic E-state index is 0.158. The van der Waals surface area contributed by atoms with E-state index >= 15 is 0 Å². The smallest absolute Gasteiger partial charge is 0.257 e. The van der Waals surface area contributed by atoms with E-state index in [-0.39, 0.29) is 5.11 Å². The molecule has 4 rings (SSSR count). The molecule has 144 valence electrons. The summed E-state index contributed by atoms with van der Waals surface area (Å²) in [5.41, 5.74) is 3.69. The maximum Gasteiger partial charge on any atom is 0.257 e. The van der Waals surface area contributed by atoms with Gasteiger partial charge in [-0.05, 0) is 66.3 Å². The average molecular weight is 405 g/mol. The van der Waals surface area contributed by atoms with Crippen LogP contribution in [0.5, 0.6) is 0 Å². The number of benzene rings is 3. The number of carbonyl (C=O) groups excluding carboxylic acids is 1. The van der Waals surface area contributed by atoms with Gasteiger partial charge in [-0.1, -0.05) is 24.3 Å². The maximum absolute atomic E-state index is 12.9. The van der Waals surface area contributed by atoms with Gasteiger partial charge in [0, 0.05) is 17.7 Å². The molecule has 5 nitrogen and oxygen atoms in total. The van der Waals surface area contributed by atoms with Crippen LogP contribution in [0.3, 0.4) is 0 Å². The molecular weight excluding hydrogens is 389 g/mol. The predicted molar refractivity (Wildman–Crippen MR) is 113 cm³/mol. The van der Waals surface area contributed by atoms with Crippen molar-refractivity contribution < 1.29 is 13.6 Å². The summed E-state index contributed by atoms with van der Waals surface area (Å²) in [5.74, 6) is -0.163. The minimum atomic E-state index is -0.407. The van der Waals surface area contributed by atoms with Gasteiger partial charge in [-0.25, -0.2) is 9.37 Å². The molecule has 4 aromatic rings. The summed E-state index contributed by atoms with van der Waals surface area (Å²) in [5, 5.41) is 5.68. The fourth-order valence-corrected chi connectivity index (χ4v) is 3.03. The SMILES string of the molecule is O=C(NC(=S)Nc1ccc(Cc2nc3ccccc3o2)cc1)c1ccc(F)cc1. The third-order valence-corrected chi connectivity index (χ3v) is 4.44. The molecule has 0 aliphatic carbocycles. The number of oxazole rings is 1. The number of hydrogen-bond donors (Lipinski definition) is 2. The van der Waals surface area contributed by atoms with Crippen molar-refractivity contribution in [3.05, 3.63) is 95.6 Å². The number of halogens is 1. The second-order valence-corrected chi connectivity index (χ2v) is 6.77. The molecule has 0 saturated carbocycles. The molecule has 7 heteroatoms. The van der Waals surface area contributed by atoms with Crippen molar-refractivity contribution in [2.24, 2.45) is 0 Å². The summed E-state index contributed by atoms with van der Waals surface area (Å²) in [7, 11) is 0. The first-order valence-corrected chi connectivity index (χ1v) is 9.29. The van der Waals surface area contributed by atoms with Gasteiger partial charge in [0.25, 0.3) is 5.91 Å². The Balaban J connectivity index is 1.35.